The molecule has 1 aromatic carbocycles. The zero-order chi connectivity index (χ0) is 22.2. The lowest BCUT2D eigenvalue weighted by atomic mass is 9.95. The lowest BCUT2D eigenvalue weighted by Gasteiger charge is -2.33. The quantitative estimate of drug-likeness (QED) is 0.741. The number of carbonyl (C=O) groups is 2. The molecule has 31 heavy (non-hydrogen) atoms. The van der Waals surface area contributed by atoms with Crippen LogP contribution < -0.4 is 0 Å². The van der Waals surface area contributed by atoms with Crippen LogP contribution in [0.2, 0.25) is 0 Å². The molecule has 2 aromatic rings. The molecule has 3 heterocycles. The molecule has 0 N–H and O–H groups in total. The number of hydrogen-bond donors (Lipinski definition) is 0. The van der Waals surface area contributed by atoms with Crippen LogP contribution in [0.25, 0.3) is 5.69 Å². The van der Waals surface area contributed by atoms with E-state index in [2.05, 4.69) is 5.10 Å². The number of halogens is 3. The Morgan fingerprint density at radius 3 is 2.35 bits per heavy atom. The molecule has 2 amide bonds. The van der Waals surface area contributed by atoms with Gasteiger partial charge in [-0.15, -0.1) is 0 Å². The van der Waals surface area contributed by atoms with Crippen molar-refractivity contribution in [3.05, 3.63) is 47.3 Å². The summed E-state index contributed by atoms with van der Waals surface area (Å²) in [5.41, 5.74) is 0.333. The molecular weight excluding hydrogens is 409 g/mol. The van der Waals surface area contributed by atoms with Gasteiger partial charge in [-0.2, -0.15) is 18.3 Å². The van der Waals surface area contributed by atoms with Gasteiger partial charge < -0.3 is 9.80 Å². The normalized spacial score (nSPS) is 17.9. The van der Waals surface area contributed by atoms with Crippen LogP contribution in [0.1, 0.15) is 47.3 Å². The van der Waals surface area contributed by atoms with Crippen LogP contribution >= 0.6 is 0 Å². The molecule has 0 bridgehead atoms. The second kappa shape index (κ2) is 8.36. The lowest BCUT2D eigenvalue weighted by Crippen LogP contribution is -2.43. The Kier molecular flexibility index (Phi) is 5.77. The summed E-state index contributed by atoms with van der Waals surface area (Å²) in [4.78, 5) is 29.2. The van der Waals surface area contributed by atoms with E-state index in [1.165, 1.54) is 23.0 Å². The number of piperidine rings is 1. The van der Waals surface area contributed by atoms with Crippen LogP contribution in [0.4, 0.5) is 13.2 Å². The molecule has 166 valence electrons. The van der Waals surface area contributed by atoms with Crippen molar-refractivity contribution < 1.29 is 22.8 Å². The van der Waals surface area contributed by atoms with Crippen molar-refractivity contribution >= 4 is 11.8 Å². The van der Waals surface area contributed by atoms with Gasteiger partial charge in [0.05, 0.1) is 28.7 Å². The summed E-state index contributed by atoms with van der Waals surface area (Å²) in [5.74, 6) is -0.0583. The van der Waals surface area contributed by atoms with E-state index < -0.39 is 11.7 Å². The molecule has 0 radical (unpaired) electrons. The standard InChI is InChI=1S/C22H25F3N4O2/c1-15-19(14-26-29(15)18-6-4-5-17(13-18)22(23,24)25)21(31)28-11-7-16(8-12-28)20(30)27-9-2-3-10-27/h4-6,13-14,16H,2-3,7-12H2,1H3. The average Bonchev–Trinajstić information content (AvgIpc) is 3.42. The van der Waals surface area contributed by atoms with E-state index >= 15 is 0 Å². The summed E-state index contributed by atoms with van der Waals surface area (Å²) in [6.45, 7) is 4.29. The molecule has 6 nitrogen and oxygen atoms in total. The third kappa shape index (κ3) is 4.31. The van der Waals surface area contributed by atoms with Gasteiger partial charge in [0.2, 0.25) is 5.91 Å². The van der Waals surface area contributed by atoms with E-state index in [4.69, 9.17) is 0 Å². The number of benzene rings is 1. The fraction of sp³-hybridized carbons (Fsp3) is 0.500. The van der Waals surface area contributed by atoms with Crippen molar-refractivity contribution in [2.75, 3.05) is 26.2 Å². The number of rotatable bonds is 3. The van der Waals surface area contributed by atoms with Gasteiger partial charge in [0, 0.05) is 32.1 Å². The lowest BCUT2D eigenvalue weighted by molar-refractivity contribution is -0.137. The summed E-state index contributed by atoms with van der Waals surface area (Å²) < 4.78 is 40.4. The number of amides is 2. The molecule has 0 unspecified atom stereocenters. The Morgan fingerprint density at radius 1 is 1.03 bits per heavy atom. The van der Waals surface area contributed by atoms with Crippen molar-refractivity contribution in [3.63, 3.8) is 0 Å². The number of likely N-dealkylation sites (tertiary alicyclic amines) is 2. The molecule has 2 aliphatic heterocycles. The summed E-state index contributed by atoms with van der Waals surface area (Å²) in [7, 11) is 0. The maximum Gasteiger partial charge on any atom is 0.416 e. The van der Waals surface area contributed by atoms with Crippen LogP contribution in [0, 0.1) is 12.8 Å². The van der Waals surface area contributed by atoms with Gasteiger partial charge in [0.1, 0.15) is 0 Å². The van der Waals surface area contributed by atoms with Gasteiger partial charge >= 0.3 is 6.18 Å². The molecule has 0 aliphatic carbocycles. The van der Waals surface area contributed by atoms with Crippen LogP contribution in [0.3, 0.4) is 0 Å². The number of hydrogen-bond acceptors (Lipinski definition) is 3. The Bertz CT molecular complexity index is 971. The fourth-order valence-electron chi connectivity index (χ4n) is 4.39. The smallest absolute Gasteiger partial charge is 0.342 e. The van der Waals surface area contributed by atoms with Crippen molar-refractivity contribution in [3.8, 4) is 5.69 Å². The highest BCUT2D eigenvalue weighted by molar-refractivity contribution is 5.95. The number of aromatic nitrogens is 2. The van der Waals surface area contributed by atoms with Crippen LogP contribution in [-0.4, -0.2) is 57.6 Å². The van der Waals surface area contributed by atoms with E-state index in [9.17, 15) is 22.8 Å². The number of nitrogens with zero attached hydrogens (tertiary/aromatic N) is 4. The van der Waals surface area contributed by atoms with Gasteiger partial charge in [-0.3, -0.25) is 9.59 Å². The molecule has 9 heteroatoms. The first-order valence-corrected chi connectivity index (χ1v) is 10.6. The number of carbonyl (C=O) groups excluding carboxylic acids is 2. The Balaban J connectivity index is 1.45. The van der Waals surface area contributed by atoms with Crippen molar-refractivity contribution in [1.29, 1.82) is 0 Å². The van der Waals surface area contributed by atoms with E-state index in [1.54, 1.807) is 11.8 Å². The maximum atomic E-state index is 13.0. The first kappa shape index (κ1) is 21.4. The Hall–Kier alpha value is -2.84. The average molecular weight is 434 g/mol. The molecule has 4 rings (SSSR count). The predicted molar refractivity (Wildman–Crippen MR) is 108 cm³/mol. The highest BCUT2D eigenvalue weighted by Gasteiger charge is 2.33. The molecule has 1 aromatic heterocycles. The van der Waals surface area contributed by atoms with Gasteiger partial charge in [0.15, 0.2) is 0 Å². The van der Waals surface area contributed by atoms with Gasteiger partial charge in [-0.25, -0.2) is 4.68 Å². The van der Waals surface area contributed by atoms with Crippen LogP contribution in [0.15, 0.2) is 30.5 Å². The SMILES string of the molecule is Cc1c(C(=O)N2CCC(C(=O)N3CCCC3)CC2)cnn1-c1cccc(C(F)(F)F)c1. The van der Waals surface area contributed by atoms with E-state index in [0.29, 0.717) is 37.2 Å². The second-order valence-electron chi connectivity index (χ2n) is 8.20. The summed E-state index contributed by atoms with van der Waals surface area (Å²) >= 11 is 0. The van der Waals surface area contributed by atoms with E-state index in [1.807, 2.05) is 4.90 Å². The minimum Gasteiger partial charge on any atom is -0.342 e. The molecular formula is C22H25F3N4O2. The monoisotopic (exact) mass is 434 g/mol. The largest absolute Gasteiger partial charge is 0.416 e. The molecule has 2 fully saturated rings. The van der Waals surface area contributed by atoms with Gasteiger partial charge in [0.25, 0.3) is 5.91 Å². The third-order valence-corrected chi connectivity index (χ3v) is 6.21. The minimum absolute atomic E-state index is 0.0453. The Labute approximate surface area is 178 Å². The van der Waals surface area contributed by atoms with E-state index in [-0.39, 0.29) is 23.4 Å². The van der Waals surface area contributed by atoms with Gasteiger partial charge in [-0.1, -0.05) is 6.07 Å². The third-order valence-electron chi connectivity index (χ3n) is 6.21. The maximum absolute atomic E-state index is 13.0. The highest BCUT2D eigenvalue weighted by atomic mass is 19.4. The van der Waals surface area contributed by atoms with Crippen molar-refractivity contribution in [1.82, 2.24) is 19.6 Å². The predicted octanol–water partition coefficient (Wildman–Crippen LogP) is 3.67. The summed E-state index contributed by atoms with van der Waals surface area (Å²) in [6, 6.07) is 4.87. The molecule has 0 spiro atoms. The topological polar surface area (TPSA) is 58.4 Å². The Morgan fingerprint density at radius 2 is 1.71 bits per heavy atom. The van der Waals surface area contributed by atoms with Crippen LogP contribution in [-0.2, 0) is 11.0 Å². The molecule has 0 saturated carbocycles. The van der Waals surface area contributed by atoms with Crippen LogP contribution in [0.5, 0.6) is 0 Å². The minimum atomic E-state index is -4.45. The number of alkyl halides is 3. The highest BCUT2D eigenvalue weighted by Crippen LogP contribution is 2.31. The van der Waals surface area contributed by atoms with Crippen molar-refractivity contribution in [2.45, 2.75) is 38.8 Å². The van der Waals surface area contributed by atoms with Crippen molar-refractivity contribution in [2.24, 2.45) is 5.92 Å². The second-order valence-corrected chi connectivity index (χ2v) is 8.20. The van der Waals surface area contributed by atoms with Gasteiger partial charge in [-0.05, 0) is 50.8 Å². The fourth-order valence-corrected chi connectivity index (χ4v) is 4.39. The zero-order valence-electron chi connectivity index (χ0n) is 17.4. The molecule has 2 saturated heterocycles. The molecule has 0 atom stereocenters. The van der Waals surface area contributed by atoms with E-state index in [0.717, 1.165) is 38.1 Å². The molecule has 2 aliphatic rings. The summed E-state index contributed by atoms with van der Waals surface area (Å²) in [5, 5.41) is 4.16. The first-order valence-electron chi connectivity index (χ1n) is 10.6. The zero-order valence-corrected chi connectivity index (χ0v) is 17.4. The first-order chi connectivity index (χ1) is 14.8. The summed E-state index contributed by atoms with van der Waals surface area (Å²) in [6.07, 6.45) is 0.312.